The summed E-state index contributed by atoms with van der Waals surface area (Å²) in [6.45, 7) is 4.79. The number of sulfonamides is 1. The van der Waals surface area contributed by atoms with Crippen LogP contribution in [0, 0.1) is 13.8 Å². The first kappa shape index (κ1) is 23.0. The maximum Gasteiger partial charge on any atom is 0.262 e. The number of pyridine rings is 1. The van der Waals surface area contributed by atoms with Crippen LogP contribution in [0.4, 0.5) is 5.69 Å². The number of hydrogen-bond acceptors (Lipinski definition) is 5. The normalized spacial score (nSPS) is 16.4. The largest absolute Gasteiger partial charge is 0.338 e. The summed E-state index contributed by atoms with van der Waals surface area (Å²) in [6, 6.07) is 17.7. The Bertz CT molecular complexity index is 1510. The molecule has 0 radical (unpaired) electrons. The molecule has 0 saturated carbocycles. The van der Waals surface area contributed by atoms with Crippen molar-refractivity contribution in [2.24, 2.45) is 0 Å². The number of nitrogens with zero attached hydrogens (tertiary/aromatic N) is 4. The van der Waals surface area contributed by atoms with Crippen LogP contribution in [0.5, 0.6) is 0 Å². The summed E-state index contributed by atoms with van der Waals surface area (Å²) < 4.78 is 30.6. The molecule has 0 aliphatic carbocycles. The number of amides is 1. The van der Waals surface area contributed by atoms with E-state index in [1.807, 2.05) is 46.7 Å². The number of likely N-dealkylation sites (tertiary alicyclic amines) is 1. The lowest BCUT2D eigenvalue weighted by Crippen LogP contribution is -2.39. The predicted octanol–water partition coefficient (Wildman–Crippen LogP) is 4.17. The third kappa shape index (κ3) is 4.64. The van der Waals surface area contributed by atoms with Gasteiger partial charge in [0.1, 0.15) is 5.82 Å². The van der Waals surface area contributed by atoms with Crippen molar-refractivity contribution in [3.8, 4) is 0 Å². The van der Waals surface area contributed by atoms with E-state index in [4.69, 9.17) is 0 Å². The van der Waals surface area contributed by atoms with Gasteiger partial charge in [-0.2, -0.15) is 0 Å². The molecule has 2 aromatic heterocycles. The van der Waals surface area contributed by atoms with Gasteiger partial charge in [0.15, 0.2) is 5.65 Å². The molecular weight excluding hydrogens is 462 g/mol. The highest BCUT2D eigenvalue weighted by Crippen LogP contribution is 2.28. The molecule has 3 heterocycles. The van der Waals surface area contributed by atoms with Gasteiger partial charge in [-0.05, 0) is 74.2 Å². The van der Waals surface area contributed by atoms with Crippen molar-refractivity contribution in [2.75, 3.05) is 17.8 Å². The fraction of sp³-hybridized carbons (Fsp3) is 0.269. The molecule has 2 aromatic carbocycles. The molecule has 5 rings (SSSR count). The highest BCUT2D eigenvalue weighted by molar-refractivity contribution is 7.92. The van der Waals surface area contributed by atoms with Gasteiger partial charge in [0.2, 0.25) is 0 Å². The summed E-state index contributed by atoms with van der Waals surface area (Å²) in [7, 11) is -3.79. The molecule has 0 bridgehead atoms. The monoisotopic (exact) mass is 489 g/mol. The fourth-order valence-corrected chi connectivity index (χ4v) is 6.00. The lowest BCUT2D eigenvalue weighted by Gasteiger charge is -2.32. The number of rotatable bonds is 5. The predicted molar refractivity (Wildman–Crippen MR) is 134 cm³/mol. The quantitative estimate of drug-likeness (QED) is 0.454. The molecule has 1 saturated heterocycles. The summed E-state index contributed by atoms with van der Waals surface area (Å²) in [5.74, 6) is 0.806. The smallest absolute Gasteiger partial charge is 0.262 e. The van der Waals surface area contributed by atoms with Crippen molar-refractivity contribution < 1.29 is 13.2 Å². The molecule has 1 amide bonds. The SMILES string of the molecule is Cc1ccc(C)c(S(=O)(=O)Nc2cccc(C(=O)N3CCCC(c4nnc5ccccn45)C3)c2)c1. The van der Waals surface area contributed by atoms with Crippen LogP contribution >= 0.6 is 0 Å². The number of carbonyl (C=O) groups excluding carboxylic acids is 1. The number of fused-ring (bicyclic) bond motifs is 1. The van der Waals surface area contributed by atoms with Crippen molar-refractivity contribution in [3.05, 3.63) is 89.4 Å². The first-order valence-electron chi connectivity index (χ1n) is 11.6. The second-order valence-electron chi connectivity index (χ2n) is 9.03. The minimum atomic E-state index is -3.79. The van der Waals surface area contributed by atoms with E-state index >= 15 is 0 Å². The van der Waals surface area contributed by atoms with Crippen LogP contribution in [-0.2, 0) is 10.0 Å². The molecule has 0 spiro atoms. The zero-order valence-corrected chi connectivity index (χ0v) is 20.5. The van der Waals surface area contributed by atoms with E-state index in [9.17, 15) is 13.2 Å². The van der Waals surface area contributed by atoms with Crippen molar-refractivity contribution in [1.82, 2.24) is 19.5 Å². The number of nitrogens with one attached hydrogen (secondary N) is 1. The summed E-state index contributed by atoms with van der Waals surface area (Å²) >= 11 is 0. The van der Waals surface area contributed by atoms with Crippen molar-refractivity contribution in [1.29, 1.82) is 0 Å². The second-order valence-corrected chi connectivity index (χ2v) is 10.7. The maximum atomic E-state index is 13.4. The molecule has 1 aliphatic heterocycles. The van der Waals surface area contributed by atoms with Gasteiger partial charge >= 0.3 is 0 Å². The number of anilines is 1. The van der Waals surface area contributed by atoms with Crippen molar-refractivity contribution >= 4 is 27.3 Å². The van der Waals surface area contributed by atoms with Crippen LogP contribution in [0.1, 0.15) is 46.1 Å². The minimum Gasteiger partial charge on any atom is -0.338 e. The molecule has 1 unspecified atom stereocenters. The molecule has 1 N–H and O–H groups in total. The van der Waals surface area contributed by atoms with Crippen LogP contribution in [0.25, 0.3) is 5.65 Å². The second kappa shape index (κ2) is 9.14. The van der Waals surface area contributed by atoms with Gasteiger partial charge in [0.25, 0.3) is 15.9 Å². The molecule has 1 aliphatic rings. The Kier molecular flexibility index (Phi) is 6.02. The number of hydrogen-bond donors (Lipinski definition) is 1. The fourth-order valence-electron chi connectivity index (χ4n) is 4.62. The van der Waals surface area contributed by atoms with Gasteiger partial charge in [-0.3, -0.25) is 13.9 Å². The van der Waals surface area contributed by atoms with E-state index < -0.39 is 10.0 Å². The van der Waals surface area contributed by atoms with Gasteiger partial charge in [-0.15, -0.1) is 10.2 Å². The first-order chi connectivity index (χ1) is 16.8. The van der Waals surface area contributed by atoms with Gasteiger partial charge in [-0.1, -0.05) is 24.3 Å². The van der Waals surface area contributed by atoms with Crippen LogP contribution in [0.15, 0.2) is 71.8 Å². The number of benzene rings is 2. The Morgan fingerprint density at radius 1 is 1.03 bits per heavy atom. The summed E-state index contributed by atoms with van der Waals surface area (Å²) in [6.07, 6.45) is 3.73. The topological polar surface area (TPSA) is 96.7 Å². The van der Waals surface area contributed by atoms with Gasteiger partial charge in [0, 0.05) is 36.5 Å². The summed E-state index contributed by atoms with van der Waals surface area (Å²) in [5.41, 5.74) is 3.11. The Morgan fingerprint density at radius 2 is 1.89 bits per heavy atom. The highest BCUT2D eigenvalue weighted by atomic mass is 32.2. The minimum absolute atomic E-state index is 0.0797. The lowest BCUT2D eigenvalue weighted by molar-refractivity contribution is 0.0704. The first-order valence-corrected chi connectivity index (χ1v) is 13.1. The van der Waals surface area contributed by atoms with Crippen LogP contribution in [0.2, 0.25) is 0 Å². The highest BCUT2D eigenvalue weighted by Gasteiger charge is 2.28. The van der Waals surface area contributed by atoms with Crippen LogP contribution in [0.3, 0.4) is 0 Å². The Labute approximate surface area is 204 Å². The van der Waals surface area contributed by atoms with Gasteiger partial charge < -0.3 is 4.90 Å². The average Bonchev–Trinajstić information content (AvgIpc) is 3.29. The molecule has 1 fully saturated rings. The Balaban J connectivity index is 1.35. The van der Waals surface area contributed by atoms with E-state index in [1.165, 1.54) is 0 Å². The van der Waals surface area contributed by atoms with Crippen LogP contribution in [-0.4, -0.2) is 46.9 Å². The third-order valence-corrected chi connectivity index (χ3v) is 7.93. The van der Waals surface area contributed by atoms with E-state index in [2.05, 4.69) is 14.9 Å². The molecule has 1 atom stereocenters. The standard InChI is InChI=1S/C26H27N5O3S/c1-18-11-12-19(2)23(15-18)35(33,34)29-22-9-5-7-20(16-22)26(32)30-13-6-8-21(17-30)25-28-27-24-10-3-4-14-31(24)25/h3-5,7,9-12,14-16,21,29H,6,8,13,17H2,1-2H3. The van der Waals surface area contributed by atoms with Crippen LogP contribution < -0.4 is 4.72 Å². The zero-order chi connectivity index (χ0) is 24.6. The van der Waals surface area contributed by atoms with E-state index in [0.717, 1.165) is 29.9 Å². The summed E-state index contributed by atoms with van der Waals surface area (Å²) in [4.78, 5) is 15.4. The molecule has 180 valence electrons. The lowest BCUT2D eigenvalue weighted by atomic mass is 9.96. The number of carbonyl (C=O) groups is 1. The average molecular weight is 490 g/mol. The molecule has 35 heavy (non-hydrogen) atoms. The third-order valence-electron chi connectivity index (χ3n) is 6.41. The van der Waals surface area contributed by atoms with E-state index in [-0.39, 0.29) is 16.7 Å². The molecule has 9 heteroatoms. The maximum absolute atomic E-state index is 13.4. The Morgan fingerprint density at radius 3 is 2.74 bits per heavy atom. The zero-order valence-electron chi connectivity index (χ0n) is 19.7. The number of piperidine rings is 1. The molecular formula is C26H27N5O3S. The van der Waals surface area contributed by atoms with E-state index in [0.29, 0.717) is 29.9 Å². The van der Waals surface area contributed by atoms with Crippen molar-refractivity contribution in [2.45, 2.75) is 37.5 Å². The van der Waals surface area contributed by atoms with Gasteiger partial charge in [-0.25, -0.2) is 8.42 Å². The summed E-state index contributed by atoms with van der Waals surface area (Å²) in [5, 5.41) is 8.63. The van der Waals surface area contributed by atoms with E-state index in [1.54, 1.807) is 43.3 Å². The molecule has 8 nitrogen and oxygen atoms in total. The number of aryl methyl sites for hydroxylation is 2. The van der Waals surface area contributed by atoms with Gasteiger partial charge in [0.05, 0.1) is 4.90 Å². The Hall–Kier alpha value is -3.72. The number of aromatic nitrogens is 3. The van der Waals surface area contributed by atoms with Crippen molar-refractivity contribution in [3.63, 3.8) is 0 Å². The molecule has 4 aromatic rings.